The second kappa shape index (κ2) is 5.64. The normalized spacial score (nSPS) is 31.6. The van der Waals surface area contributed by atoms with Crippen LogP contribution in [0.2, 0.25) is 0 Å². The van der Waals surface area contributed by atoms with Gasteiger partial charge in [-0.1, -0.05) is 40.0 Å². The van der Waals surface area contributed by atoms with E-state index in [9.17, 15) is 0 Å². The zero-order chi connectivity index (χ0) is 9.68. The molecule has 3 atom stereocenters. The summed E-state index contributed by atoms with van der Waals surface area (Å²) in [5.74, 6) is 1.74. The third-order valence-electron chi connectivity index (χ3n) is 3.54. The maximum absolute atomic E-state index is 3.72. The predicted molar refractivity (Wildman–Crippen MR) is 58.9 cm³/mol. The zero-order valence-corrected chi connectivity index (χ0v) is 9.47. The minimum atomic E-state index is 0.808. The smallest absolute Gasteiger partial charge is 0.00928 e. The third-order valence-corrected chi connectivity index (χ3v) is 3.54. The number of hydrogen-bond donors (Lipinski definition) is 1. The first-order valence-corrected chi connectivity index (χ1v) is 5.97. The largest absolute Gasteiger partial charge is 0.313 e. The van der Waals surface area contributed by atoms with E-state index in [0.29, 0.717) is 0 Å². The molecule has 78 valence electrons. The van der Waals surface area contributed by atoms with Gasteiger partial charge < -0.3 is 5.32 Å². The average Bonchev–Trinajstić information content (AvgIpc) is 2.16. The summed E-state index contributed by atoms with van der Waals surface area (Å²) in [6.07, 6.45) is 7.01. The van der Waals surface area contributed by atoms with Gasteiger partial charge in [0.2, 0.25) is 0 Å². The fourth-order valence-corrected chi connectivity index (χ4v) is 2.12. The summed E-state index contributed by atoms with van der Waals surface area (Å²) in [4.78, 5) is 0. The predicted octanol–water partition coefficient (Wildman–Crippen LogP) is 3.20. The average molecular weight is 183 g/mol. The minimum absolute atomic E-state index is 0.808. The molecule has 0 unspecified atom stereocenters. The molecule has 0 radical (unpaired) electrons. The van der Waals surface area contributed by atoms with Gasteiger partial charge in [-0.2, -0.15) is 0 Å². The van der Waals surface area contributed by atoms with Gasteiger partial charge in [0.15, 0.2) is 0 Å². The van der Waals surface area contributed by atoms with Gasteiger partial charge in [0, 0.05) is 6.04 Å². The molecule has 0 aliphatic heterocycles. The summed E-state index contributed by atoms with van der Waals surface area (Å²) in [6, 6.07) is 0.808. The molecule has 1 rings (SSSR count). The van der Waals surface area contributed by atoms with E-state index >= 15 is 0 Å². The first-order chi connectivity index (χ1) is 6.24. The van der Waals surface area contributed by atoms with Crippen LogP contribution in [-0.4, -0.2) is 12.6 Å². The maximum atomic E-state index is 3.72. The molecule has 1 N–H and O–H groups in total. The van der Waals surface area contributed by atoms with E-state index in [2.05, 4.69) is 26.1 Å². The highest BCUT2D eigenvalue weighted by molar-refractivity contribution is 4.78. The van der Waals surface area contributed by atoms with Crippen LogP contribution in [-0.2, 0) is 0 Å². The highest BCUT2D eigenvalue weighted by Crippen LogP contribution is 2.23. The Morgan fingerprint density at radius 3 is 2.62 bits per heavy atom. The van der Waals surface area contributed by atoms with E-state index in [-0.39, 0.29) is 0 Å². The summed E-state index contributed by atoms with van der Waals surface area (Å²) in [5.41, 5.74) is 0. The zero-order valence-electron chi connectivity index (χ0n) is 9.47. The van der Waals surface area contributed by atoms with E-state index in [1.165, 1.54) is 38.6 Å². The highest BCUT2D eigenvalue weighted by atomic mass is 14.9. The molecule has 13 heavy (non-hydrogen) atoms. The van der Waals surface area contributed by atoms with Crippen molar-refractivity contribution in [3.05, 3.63) is 0 Å². The fraction of sp³-hybridized carbons (Fsp3) is 1.00. The summed E-state index contributed by atoms with van der Waals surface area (Å²) in [6.45, 7) is 8.22. The molecule has 1 aliphatic rings. The second-order valence-electron chi connectivity index (χ2n) is 4.79. The number of rotatable bonds is 4. The van der Waals surface area contributed by atoms with Crippen LogP contribution in [0.3, 0.4) is 0 Å². The van der Waals surface area contributed by atoms with Crippen molar-refractivity contribution in [3.8, 4) is 0 Å². The van der Waals surface area contributed by atoms with Crippen LogP contribution in [0.4, 0.5) is 0 Å². The number of nitrogens with one attached hydrogen (secondary N) is 1. The molecule has 0 aromatic rings. The van der Waals surface area contributed by atoms with E-state index < -0.39 is 0 Å². The van der Waals surface area contributed by atoms with Crippen molar-refractivity contribution in [1.82, 2.24) is 5.32 Å². The fourth-order valence-electron chi connectivity index (χ4n) is 2.12. The molecule has 1 nitrogen and oxygen atoms in total. The molecule has 0 saturated heterocycles. The Morgan fingerprint density at radius 1 is 1.31 bits per heavy atom. The molecule has 1 fully saturated rings. The Kier molecular flexibility index (Phi) is 4.79. The summed E-state index contributed by atoms with van der Waals surface area (Å²) in [5, 5.41) is 3.72. The third kappa shape index (κ3) is 3.68. The quantitative estimate of drug-likeness (QED) is 0.706. The van der Waals surface area contributed by atoms with Gasteiger partial charge >= 0.3 is 0 Å². The summed E-state index contributed by atoms with van der Waals surface area (Å²) >= 11 is 0. The molecule has 0 amide bonds. The monoisotopic (exact) mass is 183 g/mol. The van der Waals surface area contributed by atoms with Crippen LogP contribution in [0.15, 0.2) is 0 Å². The van der Waals surface area contributed by atoms with E-state index in [0.717, 1.165) is 17.9 Å². The molecule has 0 aromatic carbocycles. The van der Waals surface area contributed by atoms with Crippen molar-refractivity contribution >= 4 is 0 Å². The molecular formula is C12H25N. The van der Waals surface area contributed by atoms with Crippen LogP contribution in [0, 0.1) is 11.8 Å². The molecule has 1 aliphatic carbocycles. The van der Waals surface area contributed by atoms with E-state index in [4.69, 9.17) is 0 Å². The molecule has 1 saturated carbocycles. The van der Waals surface area contributed by atoms with Gasteiger partial charge in [-0.3, -0.25) is 0 Å². The maximum Gasteiger partial charge on any atom is 0.00928 e. The van der Waals surface area contributed by atoms with Crippen LogP contribution in [0.25, 0.3) is 0 Å². The SMILES string of the molecule is CC[C@H](C)CN[C@@H]1CCCC[C@@H]1C. The molecule has 1 heteroatoms. The standard InChI is InChI=1S/C12H25N/c1-4-10(2)9-13-12-8-6-5-7-11(12)3/h10-13H,4-9H2,1-3H3/t10-,11-,12+/m0/s1. The van der Waals surface area contributed by atoms with Crippen LogP contribution >= 0.6 is 0 Å². The Labute approximate surface area is 83.3 Å². The lowest BCUT2D eigenvalue weighted by Gasteiger charge is -2.30. The molecular weight excluding hydrogens is 158 g/mol. The van der Waals surface area contributed by atoms with Gasteiger partial charge in [-0.25, -0.2) is 0 Å². The van der Waals surface area contributed by atoms with Crippen LogP contribution < -0.4 is 5.32 Å². The van der Waals surface area contributed by atoms with Crippen LogP contribution in [0.1, 0.15) is 52.9 Å². The Morgan fingerprint density at radius 2 is 2.00 bits per heavy atom. The van der Waals surface area contributed by atoms with Crippen LogP contribution in [0.5, 0.6) is 0 Å². The van der Waals surface area contributed by atoms with Crippen molar-refractivity contribution < 1.29 is 0 Å². The van der Waals surface area contributed by atoms with Gasteiger partial charge in [-0.15, -0.1) is 0 Å². The topological polar surface area (TPSA) is 12.0 Å². The minimum Gasteiger partial charge on any atom is -0.313 e. The second-order valence-corrected chi connectivity index (χ2v) is 4.79. The molecule has 0 heterocycles. The van der Waals surface area contributed by atoms with Crippen molar-refractivity contribution in [2.24, 2.45) is 11.8 Å². The van der Waals surface area contributed by atoms with Gasteiger partial charge in [0.1, 0.15) is 0 Å². The van der Waals surface area contributed by atoms with Crippen molar-refractivity contribution in [1.29, 1.82) is 0 Å². The van der Waals surface area contributed by atoms with Gasteiger partial charge in [-0.05, 0) is 31.2 Å². The van der Waals surface area contributed by atoms with Gasteiger partial charge in [0.25, 0.3) is 0 Å². The Hall–Kier alpha value is -0.0400. The molecule has 0 bridgehead atoms. The highest BCUT2D eigenvalue weighted by Gasteiger charge is 2.20. The number of hydrogen-bond acceptors (Lipinski definition) is 1. The Bertz CT molecular complexity index is 133. The van der Waals surface area contributed by atoms with Crippen molar-refractivity contribution in [2.75, 3.05) is 6.54 Å². The van der Waals surface area contributed by atoms with Gasteiger partial charge in [0.05, 0.1) is 0 Å². The molecule has 0 spiro atoms. The Balaban J connectivity index is 2.18. The van der Waals surface area contributed by atoms with Crippen molar-refractivity contribution in [3.63, 3.8) is 0 Å². The van der Waals surface area contributed by atoms with Crippen molar-refractivity contribution in [2.45, 2.75) is 58.9 Å². The lowest BCUT2D eigenvalue weighted by atomic mass is 9.85. The lowest BCUT2D eigenvalue weighted by Crippen LogP contribution is -2.39. The van der Waals surface area contributed by atoms with E-state index in [1.807, 2.05) is 0 Å². The first-order valence-electron chi connectivity index (χ1n) is 5.97. The summed E-state index contributed by atoms with van der Waals surface area (Å²) in [7, 11) is 0. The van der Waals surface area contributed by atoms with E-state index in [1.54, 1.807) is 0 Å². The lowest BCUT2D eigenvalue weighted by molar-refractivity contribution is 0.269. The molecule has 0 aromatic heterocycles. The first kappa shape index (κ1) is 11.0. The summed E-state index contributed by atoms with van der Waals surface area (Å²) < 4.78 is 0.